The highest BCUT2D eigenvalue weighted by Gasteiger charge is 2.48. The maximum Gasteiger partial charge on any atom is 0.290 e. The van der Waals surface area contributed by atoms with E-state index < -0.39 is 20.2 Å². The predicted octanol–water partition coefficient (Wildman–Crippen LogP) is 11.6. The van der Waals surface area contributed by atoms with Crippen molar-refractivity contribution in [2.24, 2.45) is 17.8 Å². The van der Waals surface area contributed by atoms with Crippen LogP contribution in [0.3, 0.4) is 0 Å². The minimum Gasteiger partial charge on any atom is -0.342 e. The fourth-order valence-electron chi connectivity index (χ4n) is 10.1. The van der Waals surface area contributed by atoms with Gasteiger partial charge in [-0.05, 0) is 123 Å². The second kappa shape index (κ2) is 19.8. The summed E-state index contributed by atoms with van der Waals surface area (Å²) >= 11 is 0. The number of nitrogens with zero attached hydrogens (tertiary/aromatic N) is 3. The molecule has 3 aromatic rings. The number of rotatable bonds is 19. The molecule has 3 unspecified atom stereocenters. The van der Waals surface area contributed by atoms with E-state index in [9.17, 15) is 25.9 Å². The smallest absolute Gasteiger partial charge is 0.290 e. The van der Waals surface area contributed by atoms with Crippen molar-refractivity contribution in [2.45, 2.75) is 91.9 Å². The third-order valence-corrected chi connectivity index (χ3v) is 15.3. The SMILES string of the molecule is CCCCN(C1=CC2CC(=C1)C2/C(=C1/C2=C(CCC(S(=O)(=O)O)=C2)[N+](CCCCS(=O)(=O)O)=C1c1ccccc1)c1ccc(N(CCCC)C2=CCC(C)C=C2)cc1)c1ccc(C)cc1. The summed E-state index contributed by atoms with van der Waals surface area (Å²) in [6.07, 6.45) is 20.8. The molecular formula is C54H64N3O6S2+. The topological polar surface area (TPSA) is 118 Å². The average molecular weight is 915 g/mol. The van der Waals surface area contributed by atoms with Gasteiger partial charge in [0.05, 0.1) is 21.8 Å². The van der Waals surface area contributed by atoms with Gasteiger partial charge in [0.2, 0.25) is 5.71 Å². The van der Waals surface area contributed by atoms with Gasteiger partial charge in [-0.25, -0.2) is 0 Å². The second-order valence-corrected chi connectivity index (χ2v) is 21.4. The van der Waals surface area contributed by atoms with Crippen LogP contribution in [0.5, 0.6) is 0 Å². The number of hydrogen-bond acceptors (Lipinski definition) is 6. The number of fused-ring (bicyclic) bond motifs is 1. The monoisotopic (exact) mass is 914 g/mol. The summed E-state index contributed by atoms with van der Waals surface area (Å²) < 4.78 is 72.0. The lowest BCUT2D eigenvalue weighted by atomic mass is 9.60. The number of hydrogen-bond donors (Lipinski definition) is 2. The van der Waals surface area contributed by atoms with E-state index in [0.29, 0.717) is 25.3 Å². The van der Waals surface area contributed by atoms with Crippen molar-refractivity contribution in [3.05, 3.63) is 171 Å². The van der Waals surface area contributed by atoms with Gasteiger partial charge in [0, 0.05) is 60.2 Å². The Morgan fingerprint density at radius 2 is 1.45 bits per heavy atom. The van der Waals surface area contributed by atoms with Crippen molar-refractivity contribution >= 4 is 42.9 Å². The lowest BCUT2D eigenvalue weighted by Gasteiger charge is -2.45. The number of allylic oxidation sites excluding steroid dienone is 12. The molecule has 3 atom stereocenters. The Kier molecular flexibility index (Phi) is 14.2. The van der Waals surface area contributed by atoms with Gasteiger partial charge in [-0.3, -0.25) is 9.11 Å². The molecule has 0 aromatic heterocycles. The van der Waals surface area contributed by atoms with Crippen LogP contribution in [0.2, 0.25) is 0 Å². The van der Waals surface area contributed by atoms with E-state index in [2.05, 4.69) is 133 Å². The first-order valence-electron chi connectivity index (χ1n) is 23.6. The first-order valence-corrected chi connectivity index (χ1v) is 26.6. The van der Waals surface area contributed by atoms with Crippen LogP contribution in [0.25, 0.3) is 5.57 Å². The van der Waals surface area contributed by atoms with Crippen LogP contribution in [-0.4, -0.2) is 61.6 Å². The van der Waals surface area contributed by atoms with E-state index in [4.69, 9.17) is 0 Å². The molecule has 11 heteroatoms. The van der Waals surface area contributed by atoms with E-state index in [1.165, 1.54) is 28.2 Å². The van der Waals surface area contributed by atoms with Crippen LogP contribution in [0.1, 0.15) is 102 Å². The van der Waals surface area contributed by atoms with Crippen molar-refractivity contribution < 1.29 is 30.5 Å². The summed E-state index contributed by atoms with van der Waals surface area (Å²) in [5, 5.41) is 0. The quantitative estimate of drug-likeness (QED) is 0.0693. The molecule has 9 rings (SSSR count). The van der Waals surface area contributed by atoms with E-state index in [1.807, 2.05) is 18.2 Å². The Morgan fingerprint density at radius 1 is 0.785 bits per heavy atom. The van der Waals surface area contributed by atoms with Gasteiger partial charge in [0.15, 0.2) is 5.70 Å². The molecule has 1 heterocycles. The molecule has 0 saturated heterocycles. The first kappa shape index (κ1) is 46.5. The molecule has 1 aliphatic heterocycles. The molecule has 0 amide bonds. The molecule has 2 bridgehead atoms. The molecule has 2 N–H and O–H groups in total. The summed E-state index contributed by atoms with van der Waals surface area (Å²) in [4.78, 5) is 4.85. The third-order valence-electron chi connectivity index (χ3n) is 13.6. The minimum absolute atomic E-state index is 0.0104. The molecular weight excluding hydrogens is 851 g/mol. The summed E-state index contributed by atoms with van der Waals surface area (Å²) in [6.45, 7) is 11.1. The Morgan fingerprint density at radius 3 is 2.03 bits per heavy atom. The van der Waals surface area contributed by atoms with Crippen LogP contribution in [0.15, 0.2) is 154 Å². The summed E-state index contributed by atoms with van der Waals surface area (Å²) in [6, 6.07) is 27.8. The Hall–Kier alpha value is -5.07. The molecule has 3 aromatic carbocycles. The Labute approximate surface area is 387 Å². The zero-order valence-electron chi connectivity index (χ0n) is 38.3. The van der Waals surface area contributed by atoms with E-state index in [-0.39, 0.29) is 35.3 Å². The summed E-state index contributed by atoms with van der Waals surface area (Å²) in [5.74, 6) is 0.318. The largest absolute Gasteiger partial charge is 0.342 e. The highest BCUT2D eigenvalue weighted by atomic mass is 32.2. The fourth-order valence-corrected chi connectivity index (χ4v) is 11.3. The van der Waals surface area contributed by atoms with Crippen LogP contribution in [0.4, 0.5) is 11.4 Å². The second-order valence-electron chi connectivity index (χ2n) is 18.3. The van der Waals surface area contributed by atoms with Crippen LogP contribution in [0, 0.1) is 24.7 Å². The standard InChI is InChI=1S/C54H63N3O6S2/c1-5-7-30-55(44-22-16-38(3)17-23-44)46-26-20-40(21-27-46)52(51-42-34-43(51)36-47(35-42)56(31-8-6-2)45-24-18-39(4)19-25-45)53-49-37-48(65(61,62)63)28-29-50(49)57(32-12-13-33-64(58,59)60)54(53)41-14-10-9-11-15-41/h9-11,14-16,18-27,35-38,42,51H,5-8,12-13,17,28-34H2,1-4H3,(H-,58,59,60,61,62,63)/p+1. The molecule has 5 aliphatic carbocycles. The van der Waals surface area contributed by atoms with Gasteiger partial charge in [-0.2, -0.15) is 21.4 Å². The molecule has 1 fully saturated rings. The van der Waals surface area contributed by atoms with Crippen LogP contribution >= 0.6 is 0 Å². The zero-order valence-corrected chi connectivity index (χ0v) is 39.9. The molecule has 65 heavy (non-hydrogen) atoms. The summed E-state index contributed by atoms with van der Waals surface area (Å²) in [5.41, 5.74) is 13.9. The first-order chi connectivity index (χ1) is 31.2. The van der Waals surface area contributed by atoms with Crippen molar-refractivity contribution in [1.29, 1.82) is 0 Å². The lowest BCUT2D eigenvalue weighted by molar-refractivity contribution is -0.476. The molecule has 0 radical (unpaired) electrons. The molecule has 342 valence electrons. The number of unbranched alkanes of at least 4 members (excludes halogenated alkanes) is 3. The van der Waals surface area contributed by atoms with Gasteiger partial charge >= 0.3 is 0 Å². The maximum absolute atomic E-state index is 13.0. The van der Waals surface area contributed by atoms with E-state index >= 15 is 0 Å². The van der Waals surface area contributed by atoms with Gasteiger partial charge < -0.3 is 9.80 Å². The van der Waals surface area contributed by atoms with Crippen molar-refractivity contribution in [3.8, 4) is 0 Å². The zero-order chi connectivity index (χ0) is 45.9. The van der Waals surface area contributed by atoms with Gasteiger partial charge in [-0.1, -0.05) is 105 Å². The van der Waals surface area contributed by atoms with E-state index in [1.54, 1.807) is 6.08 Å². The van der Waals surface area contributed by atoms with Crippen molar-refractivity contribution in [3.63, 3.8) is 0 Å². The van der Waals surface area contributed by atoms with E-state index in [0.717, 1.165) is 96.6 Å². The fraction of sp³-hybridized carbons (Fsp3) is 0.389. The van der Waals surface area contributed by atoms with Crippen molar-refractivity contribution in [1.82, 2.24) is 0 Å². The average Bonchev–Trinajstić information content (AvgIpc) is 3.61. The van der Waals surface area contributed by atoms with Crippen molar-refractivity contribution in [2.75, 3.05) is 35.2 Å². The predicted molar refractivity (Wildman–Crippen MR) is 265 cm³/mol. The van der Waals surface area contributed by atoms with Gasteiger partial charge in [-0.15, -0.1) is 0 Å². The normalized spacial score (nSPS) is 21.3. The third kappa shape index (κ3) is 10.3. The number of anilines is 2. The molecule has 9 nitrogen and oxygen atoms in total. The summed E-state index contributed by atoms with van der Waals surface area (Å²) in [7, 11) is -8.64. The molecule has 0 spiro atoms. The highest BCUT2D eigenvalue weighted by Crippen LogP contribution is 2.56. The number of benzene rings is 3. The Balaban J connectivity index is 1.33. The Bertz CT molecular complexity index is 2760. The van der Waals surface area contributed by atoms with Gasteiger partial charge in [0.1, 0.15) is 6.54 Å². The molecule has 6 aliphatic rings. The maximum atomic E-state index is 13.0. The molecule has 1 saturated carbocycles. The highest BCUT2D eigenvalue weighted by molar-refractivity contribution is 7.89. The number of aryl methyl sites for hydroxylation is 1. The lowest BCUT2D eigenvalue weighted by Crippen LogP contribution is -2.36. The van der Waals surface area contributed by atoms with Gasteiger partial charge in [0.25, 0.3) is 20.2 Å². The van der Waals surface area contributed by atoms with Crippen LogP contribution < -0.4 is 9.80 Å². The minimum atomic E-state index is -4.49. The van der Waals surface area contributed by atoms with Crippen LogP contribution in [-0.2, 0) is 20.2 Å².